The smallest absolute Gasteiger partial charge is 0.324 e. The molecule has 0 saturated carbocycles. The molecule has 2 aromatic rings. The van der Waals surface area contributed by atoms with Gasteiger partial charge in [0.25, 0.3) is 5.91 Å². The summed E-state index contributed by atoms with van der Waals surface area (Å²) >= 11 is 1.07. The fourth-order valence-corrected chi connectivity index (χ4v) is 3.18. The van der Waals surface area contributed by atoms with Crippen molar-refractivity contribution in [3.05, 3.63) is 57.0 Å². The lowest BCUT2D eigenvalue weighted by atomic mass is 10.1. The topological polar surface area (TPSA) is 75.5 Å². The molecule has 1 aromatic heterocycles. The van der Waals surface area contributed by atoms with Gasteiger partial charge >= 0.3 is 5.00 Å². The number of rotatable bonds is 2. The maximum absolute atomic E-state index is 12.1. The Bertz CT molecular complexity index is 698. The van der Waals surface area contributed by atoms with Crippen molar-refractivity contribution in [1.29, 1.82) is 0 Å². The first-order valence-corrected chi connectivity index (χ1v) is 6.76. The molecule has 3 rings (SSSR count). The molecule has 0 aliphatic carbocycles. The van der Waals surface area contributed by atoms with Crippen LogP contribution in [0.15, 0.2) is 36.4 Å². The first-order valence-electron chi connectivity index (χ1n) is 5.95. The molecule has 0 bridgehead atoms. The normalized spacial score (nSPS) is 17.6. The second-order valence-electron chi connectivity index (χ2n) is 4.44. The number of nitrogens with zero attached hydrogens (tertiary/aromatic N) is 2. The number of carbonyl (C=O) groups excluding carboxylic acids is 1. The van der Waals surface area contributed by atoms with Gasteiger partial charge in [0.1, 0.15) is 6.17 Å². The predicted molar refractivity (Wildman–Crippen MR) is 76.0 cm³/mol. The maximum Gasteiger partial charge on any atom is 0.324 e. The monoisotopic (exact) mass is 289 g/mol. The van der Waals surface area contributed by atoms with Crippen molar-refractivity contribution in [3.8, 4) is 0 Å². The number of anilines is 1. The first kappa shape index (κ1) is 12.6. The standard InChI is InChI=1S/C13H11N3O3S/c1-15-9-5-3-2-4-8(9)13(17)14-12(15)10-6-7-11(20-10)16(18)19/h2-7,12H,1H3,(H,14,17)/t12-/m0/s1. The average molecular weight is 289 g/mol. The predicted octanol–water partition coefficient (Wildman–Crippen LogP) is 2.53. The molecule has 1 N–H and O–H groups in total. The van der Waals surface area contributed by atoms with Crippen LogP contribution < -0.4 is 10.2 Å². The van der Waals surface area contributed by atoms with E-state index >= 15 is 0 Å². The Morgan fingerprint density at radius 3 is 2.75 bits per heavy atom. The second-order valence-corrected chi connectivity index (χ2v) is 5.53. The highest BCUT2D eigenvalue weighted by atomic mass is 32.1. The number of para-hydroxylation sites is 1. The molecule has 2 heterocycles. The number of thiophene rings is 1. The summed E-state index contributed by atoms with van der Waals surface area (Å²) in [7, 11) is 1.86. The third kappa shape index (κ3) is 1.92. The molecule has 0 fully saturated rings. The van der Waals surface area contributed by atoms with Crippen molar-refractivity contribution in [1.82, 2.24) is 5.32 Å². The maximum atomic E-state index is 12.1. The van der Waals surface area contributed by atoms with Gasteiger partial charge in [-0.3, -0.25) is 14.9 Å². The van der Waals surface area contributed by atoms with E-state index in [0.29, 0.717) is 5.56 Å². The molecule has 1 atom stereocenters. The highest BCUT2D eigenvalue weighted by molar-refractivity contribution is 7.15. The molecule has 0 saturated heterocycles. The zero-order valence-electron chi connectivity index (χ0n) is 10.6. The molecular weight excluding hydrogens is 278 g/mol. The van der Waals surface area contributed by atoms with Gasteiger partial charge < -0.3 is 10.2 Å². The van der Waals surface area contributed by atoms with Crippen molar-refractivity contribution in [2.45, 2.75) is 6.17 Å². The van der Waals surface area contributed by atoms with Crippen molar-refractivity contribution in [2.75, 3.05) is 11.9 Å². The quantitative estimate of drug-likeness (QED) is 0.681. The van der Waals surface area contributed by atoms with Gasteiger partial charge in [0, 0.05) is 13.1 Å². The van der Waals surface area contributed by atoms with E-state index in [1.54, 1.807) is 12.1 Å². The van der Waals surface area contributed by atoms with Crippen molar-refractivity contribution < 1.29 is 9.72 Å². The van der Waals surface area contributed by atoms with E-state index in [1.165, 1.54) is 6.07 Å². The lowest BCUT2D eigenvalue weighted by Gasteiger charge is -2.35. The summed E-state index contributed by atoms with van der Waals surface area (Å²) in [6.45, 7) is 0. The van der Waals surface area contributed by atoms with Crippen LogP contribution in [-0.2, 0) is 0 Å². The molecule has 20 heavy (non-hydrogen) atoms. The fraction of sp³-hybridized carbons (Fsp3) is 0.154. The molecule has 7 heteroatoms. The zero-order chi connectivity index (χ0) is 14.3. The highest BCUT2D eigenvalue weighted by Crippen LogP contribution is 2.36. The molecule has 1 aromatic carbocycles. The number of hydrogen-bond donors (Lipinski definition) is 1. The number of benzene rings is 1. The van der Waals surface area contributed by atoms with Gasteiger partial charge in [-0.25, -0.2) is 0 Å². The van der Waals surface area contributed by atoms with Crippen LogP contribution >= 0.6 is 11.3 Å². The highest BCUT2D eigenvalue weighted by Gasteiger charge is 2.30. The largest absolute Gasteiger partial charge is 0.349 e. The number of carbonyl (C=O) groups is 1. The third-order valence-electron chi connectivity index (χ3n) is 3.25. The lowest BCUT2D eigenvalue weighted by Crippen LogP contribution is -2.44. The Kier molecular flexibility index (Phi) is 2.90. The molecule has 1 aliphatic rings. The van der Waals surface area contributed by atoms with Gasteiger partial charge in [0.15, 0.2) is 0 Å². The Hall–Kier alpha value is -2.41. The van der Waals surface area contributed by atoms with Crippen LogP contribution in [0.5, 0.6) is 0 Å². The summed E-state index contributed by atoms with van der Waals surface area (Å²) in [5.41, 5.74) is 1.43. The molecular formula is C13H11N3O3S. The van der Waals surface area contributed by atoms with E-state index in [0.717, 1.165) is 21.9 Å². The van der Waals surface area contributed by atoms with E-state index < -0.39 is 4.92 Å². The van der Waals surface area contributed by atoms with Gasteiger partial charge in [-0.1, -0.05) is 23.5 Å². The van der Waals surface area contributed by atoms with Crippen LogP contribution in [0.4, 0.5) is 10.7 Å². The lowest BCUT2D eigenvalue weighted by molar-refractivity contribution is -0.380. The van der Waals surface area contributed by atoms with Gasteiger partial charge in [-0.2, -0.15) is 0 Å². The number of amides is 1. The Balaban J connectivity index is 2.00. The number of nitro groups is 1. The minimum Gasteiger partial charge on any atom is -0.349 e. The minimum absolute atomic E-state index is 0.0708. The van der Waals surface area contributed by atoms with E-state index in [2.05, 4.69) is 5.32 Å². The van der Waals surface area contributed by atoms with Gasteiger partial charge in [0.2, 0.25) is 0 Å². The van der Waals surface area contributed by atoms with Crippen LogP contribution in [0.25, 0.3) is 0 Å². The van der Waals surface area contributed by atoms with Crippen molar-refractivity contribution in [3.63, 3.8) is 0 Å². The van der Waals surface area contributed by atoms with Crippen LogP contribution in [0, 0.1) is 10.1 Å². The molecule has 1 aliphatic heterocycles. The fourth-order valence-electron chi connectivity index (χ4n) is 2.26. The third-order valence-corrected chi connectivity index (χ3v) is 4.34. The number of hydrogen-bond acceptors (Lipinski definition) is 5. The molecule has 1 amide bonds. The van der Waals surface area contributed by atoms with Gasteiger partial charge in [-0.15, -0.1) is 0 Å². The van der Waals surface area contributed by atoms with E-state index in [-0.39, 0.29) is 17.1 Å². The van der Waals surface area contributed by atoms with Crippen LogP contribution in [-0.4, -0.2) is 17.9 Å². The second kappa shape index (κ2) is 4.61. The van der Waals surface area contributed by atoms with E-state index in [9.17, 15) is 14.9 Å². The van der Waals surface area contributed by atoms with Crippen LogP contribution in [0.3, 0.4) is 0 Å². The summed E-state index contributed by atoms with van der Waals surface area (Å²) in [5, 5.41) is 13.7. The molecule has 0 unspecified atom stereocenters. The summed E-state index contributed by atoms with van der Waals surface area (Å²) in [5.74, 6) is -0.167. The number of nitrogens with one attached hydrogen (secondary N) is 1. The SMILES string of the molecule is CN1c2ccccc2C(=O)N[C@@H]1c1ccc([N+](=O)[O-])s1. The van der Waals surface area contributed by atoms with Crippen LogP contribution in [0.1, 0.15) is 21.4 Å². The molecule has 0 radical (unpaired) electrons. The van der Waals surface area contributed by atoms with Gasteiger partial charge in [-0.05, 0) is 18.2 Å². The Labute approximate surface area is 118 Å². The zero-order valence-corrected chi connectivity index (χ0v) is 11.4. The first-order chi connectivity index (χ1) is 9.58. The summed E-state index contributed by atoms with van der Waals surface area (Å²) in [4.78, 5) is 25.1. The summed E-state index contributed by atoms with van der Waals surface area (Å²) in [6.07, 6.45) is -0.379. The van der Waals surface area contributed by atoms with Crippen molar-refractivity contribution >= 4 is 27.9 Å². The summed E-state index contributed by atoms with van der Waals surface area (Å²) < 4.78 is 0. The van der Waals surface area contributed by atoms with Crippen molar-refractivity contribution in [2.24, 2.45) is 0 Å². The Morgan fingerprint density at radius 2 is 2.05 bits per heavy atom. The van der Waals surface area contributed by atoms with Crippen LogP contribution in [0.2, 0.25) is 0 Å². The van der Waals surface area contributed by atoms with E-state index in [4.69, 9.17) is 0 Å². The Morgan fingerprint density at radius 1 is 1.30 bits per heavy atom. The van der Waals surface area contributed by atoms with E-state index in [1.807, 2.05) is 30.1 Å². The molecule has 6 nitrogen and oxygen atoms in total. The summed E-state index contributed by atoms with van der Waals surface area (Å²) in [6, 6.07) is 10.4. The number of fused-ring (bicyclic) bond motifs is 1. The minimum atomic E-state index is -0.424. The van der Waals surface area contributed by atoms with Gasteiger partial charge in [0.05, 0.1) is 21.1 Å². The molecule has 0 spiro atoms. The molecule has 102 valence electrons. The average Bonchev–Trinajstić information content (AvgIpc) is 2.93.